The maximum atomic E-state index is 12.4. The molecule has 0 aliphatic carbocycles. The number of hydrogen-bond donors (Lipinski definition) is 1. The first-order chi connectivity index (χ1) is 12.3. The Bertz CT molecular complexity index is 747. The van der Waals surface area contributed by atoms with Crippen molar-refractivity contribution in [3.05, 3.63) is 59.7 Å². The minimum atomic E-state index is -0.217. The first kappa shape index (κ1) is 19.7. The summed E-state index contributed by atoms with van der Waals surface area (Å²) in [4.78, 5) is 25.9. The largest absolute Gasteiger partial charge is 0.325 e. The van der Waals surface area contributed by atoms with Gasteiger partial charge in [-0.25, -0.2) is 0 Å². The van der Waals surface area contributed by atoms with Crippen LogP contribution in [0.5, 0.6) is 0 Å². The normalized spacial score (nSPS) is 10.9. The summed E-state index contributed by atoms with van der Waals surface area (Å²) in [6.07, 6.45) is 0. The Kier molecular flexibility index (Phi) is 6.56. The second-order valence-electron chi connectivity index (χ2n) is 7.18. The first-order valence-corrected chi connectivity index (χ1v) is 9.05. The zero-order chi connectivity index (χ0) is 19.3. The Morgan fingerprint density at radius 1 is 0.846 bits per heavy atom. The summed E-state index contributed by atoms with van der Waals surface area (Å²) in [7, 11) is 0. The van der Waals surface area contributed by atoms with Gasteiger partial charge in [0.1, 0.15) is 6.54 Å². The van der Waals surface area contributed by atoms with Crippen molar-refractivity contribution in [2.45, 2.75) is 46.5 Å². The molecule has 4 nitrogen and oxygen atoms in total. The summed E-state index contributed by atoms with van der Waals surface area (Å²) < 4.78 is 0. The smallest absolute Gasteiger partial charge is 0.244 e. The lowest BCUT2D eigenvalue weighted by Crippen LogP contribution is -2.36. The van der Waals surface area contributed by atoms with Gasteiger partial charge < -0.3 is 10.2 Å². The Hall–Kier alpha value is -2.62. The quantitative estimate of drug-likeness (QED) is 0.802. The number of nitrogens with zero attached hydrogens (tertiary/aromatic N) is 1. The fourth-order valence-corrected chi connectivity index (χ4v) is 2.72. The predicted octanol–water partition coefficient (Wildman–Crippen LogP) is 4.93. The topological polar surface area (TPSA) is 49.4 Å². The number of amides is 2. The molecule has 2 amide bonds. The van der Waals surface area contributed by atoms with Crippen molar-refractivity contribution >= 4 is 23.2 Å². The number of rotatable bonds is 6. The molecule has 0 saturated heterocycles. The summed E-state index contributed by atoms with van der Waals surface area (Å²) in [5.74, 6) is 0.492. The van der Waals surface area contributed by atoms with Crippen LogP contribution in [-0.4, -0.2) is 18.4 Å². The van der Waals surface area contributed by atoms with Crippen LogP contribution in [0.4, 0.5) is 11.4 Å². The highest BCUT2D eigenvalue weighted by molar-refractivity contribution is 6.01. The van der Waals surface area contributed by atoms with E-state index in [-0.39, 0.29) is 18.4 Å². The number of carbonyl (C=O) groups is 2. The summed E-state index contributed by atoms with van der Waals surface area (Å²) in [6, 6.07) is 15.6. The third-order valence-corrected chi connectivity index (χ3v) is 4.41. The highest BCUT2D eigenvalue weighted by atomic mass is 16.2. The maximum absolute atomic E-state index is 12.4. The molecule has 1 N–H and O–H groups in total. The van der Waals surface area contributed by atoms with Gasteiger partial charge in [-0.15, -0.1) is 0 Å². The van der Waals surface area contributed by atoms with Gasteiger partial charge in [-0.05, 0) is 47.2 Å². The Labute approximate surface area is 156 Å². The monoisotopic (exact) mass is 352 g/mol. The third-order valence-electron chi connectivity index (χ3n) is 4.41. The van der Waals surface area contributed by atoms with Gasteiger partial charge in [-0.1, -0.05) is 52.0 Å². The van der Waals surface area contributed by atoms with E-state index >= 15 is 0 Å². The van der Waals surface area contributed by atoms with Crippen molar-refractivity contribution in [1.29, 1.82) is 0 Å². The summed E-state index contributed by atoms with van der Waals surface area (Å²) >= 11 is 0. The fraction of sp³-hybridized carbons (Fsp3) is 0.364. The average Bonchev–Trinajstić information content (AvgIpc) is 2.60. The molecule has 0 fully saturated rings. The molecule has 0 heterocycles. The zero-order valence-electron chi connectivity index (χ0n) is 16.2. The molecule has 0 atom stereocenters. The molecule has 2 rings (SSSR count). The molecule has 0 bridgehead atoms. The van der Waals surface area contributed by atoms with Crippen LogP contribution in [0, 0.1) is 0 Å². The predicted molar refractivity (Wildman–Crippen MR) is 108 cm³/mol. The molecule has 0 aliphatic heterocycles. The van der Waals surface area contributed by atoms with Crippen molar-refractivity contribution in [2.75, 3.05) is 16.8 Å². The molecule has 0 radical (unpaired) electrons. The van der Waals surface area contributed by atoms with Gasteiger partial charge in [-0.2, -0.15) is 0 Å². The fourth-order valence-electron chi connectivity index (χ4n) is 2.72. The second-order valence-corrected chi connectivity index (χ2v) is 7.18. The maximum Gasteiger partial charge on any atom is 0.244 e. The van der Waals surface area contributed by atoms with Crippen molar-refractivity contribution in [3.8, 4) is 0 Å². The Morgan fingerprint density at radius 2 is 1.31 bits per heavy atom. The van der Waals surface area contributed by atoms with E-state index in [9.17, 15) is 9.59 Å². The van der Waals surface area contributed by atoms with Crippen LogP contribution in [0.2, 0.25) is 0 Å². The van der Waals surface area contributed by atoms with Crippen molar-refractivity contribution in [2.24, 2.45) is 0 Å². The van der Waals surface area contributed by atoms with Gasteiger partial charge >= 0.3 is 0 Å². The molecule has 0 aromatic heterocycles. The van der Waals surface area contributed by atoms with Crippen LogP contribution < -0.4 is 10.2 Å². The molecular weight excluding hydrogens is 324 g/mol. The SMILES string of the molecule is CC(=O)N(CC(=O)Nc1ccc(C(C)C)cc1)c1ccc(C(C)C)cc1. The van der Waals surface area contributed by atoms with E-state index in [1.54, 1.807) is 0 Å². The van der Waals surface area contributed by atoms with Gasteiger partial charge in [0.05, 0.1) is 0 Å². The van der Waals surface area contributed by atoms with E-state index in [2.05, 4.69) is 33.0 Å². The van der Waals surface area contributed by atoms with Crippen LogP contribution in [0.25, 0.3) is 0 Å². The van der Waals surface area contributed by atoms with Crippen molar-refractivity contribution in [3.63, 3.8) is 0 Å². The van der Waals surface area contributed by atoms with E-state index in [1.165, 1.54) is 23.0 Å². The molecular formula is C22H28N2O2. The molecule has 0 spiro atoms. The first-order valence-electron chi connectivity index (χ1n) is 9.05. The standard InChI is InChI=1S/C22H28N2O2/c1-15(2)18-6-10-20(11-7-18)23-22(26)14-24(17(5)25)21-12-8-19(9-13-21)16(3)4/h6-13,15-16H,14H2,1-5H3,(H,23,26). The van der Waals surface area contributed by atoms with Gasteiger partial charge in [0.25, 0.3) is 0 Å². The number of anilines is 2. The minimum Gasteiger partial charge on any atom is -0.325 e. The van der Waals surface area contributed by atoms with E-state index in [0.29, 0.717) is 11.8 Å². The van der Waals surface area contributed by atoms with Gasteiger partial charge in [0, 0.05) is 18.3 Å². The van der Waals surface area contributed by atoms with Gasteiger partial charge in [0.15, 0.2) is 0 Å². The van der Waals surface area contributed by atoms with Gasteiger partial charge in [-0.3, -0.25) is 9.59 Å². The molecule has 138 valence electrons. The average molecular weight is 352 g/mol. The summed E-state index contributed by atoms with van der Waals surface area (Å²) in [5.41, 5.74) is 3.89. The molecule has 2 aromatic rings. The van der Waals surface area contributed by atoms with E-state index < -0.39 is 0 Å². The van der Waals surface area contributed by atoms with Crippen LogP contribution >= 0.6 is 0 Å². The van der Waals surface area contributed by atoms with Crippen LogP contribution in [0.1, 0.15) is 57.6 Å². The van der Waals surface area contributed by atoms with Crippen molar-refractivity contribution < 1.29 is 9.59 Å². The Balaban J connectivity index is 2.06. The van der Waals surface area contributed by atoms with Crippen LogP contribution in [0.3, 0.4) is 0 Å². The van der Waals surface area contributed by atoms with Crippen molar-refractivity contribution in [1.82, 2.24) is 0 Å². The number of hydrogen-bond acceptors (Lipinski definition) is 2. The summed E-state index contributed by atoms with van der Waals surface area (Å²) in [6.45, 7) is 9.96. The highest BCUT2D eigenvalue weighted by Gasteiger charge is 2.16. The van der Waals surface area contributed by atoms with Crippen LogP contribution in [-0.2, 0) is 9.59 Å². The number of carbonyl (C=O) groups excluding carboxylic acids is 2. The molecule has 0 saturated carbocycles. The highest BCUT2D eigenvalue weighted by Crippen LogP contribution is 2.21. The van der Waals surface area contributed by atoms with E-state index in [0.717, 1.165) is 11.4 Å². The molecule has 0 aliphatic rings. The molecule has 4 heteroatoms. The lowest BCUT2D eigenvalue weighted by Gasteiger charge is -2.21. The second kappa shape index (κ2) is 8.65. The van der Waals surface area contributed by atoms with Crippen LogP contribution in [0.15, 0.2) is 48.5 Å². The minimum absolute atomic E-state index is 0.0116. The molecule has 0 unspecified atom stereocenters. The zero-order valence-corrected chi connectivity index (χ0v) is 16.2. The third kappa shape index (κ3) is 5.19. The van der Waals surface area contributed by atoms with Gasteiger partial charge in [0.2, 0.25) is 11.8 Å². The lowest BCUT2D eigenvalue weighted by molar-refractivity contribution is -0.120. The Morgan fingerprint density at radius 3 is 1.73 bits per heavy atom. The van der Waals surface area contributed by atoms with E-state index in [1.807, 2.05) is 48.5 Å². The number of nitrogens with one attached hydrogen (secondary N) is 1. The van der Waals surface area contributed by atoms with E-state index in [4.69, 9.17) is 0 Å². The number of benzene rings is 2. The molecule has 26 heavy (non-hydrogen) atoms. The molecule has 2 aromatic carbocycles. The lowest BCUT2D eigenvalue weighted by atomic mass is 10.0. The summed E-state index contributed by atoms with van der Waals surface area (Å²) in [5, 5.41) is 2.86.